The van der Waals surface area contributed by atoms with Crippen LogP contribution in [0.25, 0.3) is 27.7 Å². The lowest BCUT2D eigenvalue weighted by Gasteiger charge is -2.20. The summed E-state index contributed by atoms with van der Waals surface area (Å²) >= 11 is 6.59. The summed E-state index contributed by atoms with van der Waals surface area (Å²) in [6.45, 7) is 8.03. The number of rotatable bonds is 4. The molecule has 0 saturated heterocycles. The number of phenolic OH excluding ortho intramolecular Hbond substituents is 1. The molecule has 1 N–H and O–H groups in total. The molecular weight excluding hydrogens is 427 g/mol. The largest absolute Gasteiger partial charge is 0.507 e. The number of nitrogens with zero attached hydrogens (tertiary/aromatic N) is 2. The Morgan fingerprint density at radius 1 is 1.00 bits per heavy atom. The van der Waals surface area contributed by atoms with Crippen LogP contribution >= 0.6 is 11.6 Å². The van der Waals surface area contributed by atoms with Crippen LogP contribution in [0.15, 0.2) is 59.4 Å². The molecule has 164 valence electrons. The van der Waals surface area contributed by atoms with Gasteiger partial charge >= 0.3 is 5.69 Å². The average molecular weight is 451 g/mol. The van der Waals surface area contributed by atoms with E-state index in [9.17, 15) is 14.3 Å². The van der Waals surface area contributed by atoms with Crippen LogP contribution < -0.4 is 5.69 Å². The van der Waals surface area contributed by atoms with Crippen molar-refractivity contribution in [1.82, 2.24) is 9.55 Å². The Balaban J connectivity index is 2.18. The molecule has 0 spiro atoms. The predicted octanol–water partition coefficient (Wildman–Crippen LogP) is 6.80. The summed E-state index contributed by atoms with van der Waals surface area (Å²) in [6.07, 6.45) is 0. The molecule has 4 aromatic rings. The molecule has 4 rings (SSSR count). The highest BCUT2D eigenvalue weighted by atomic mass is 35.5. The SMILES string of the molecule is CC(C)c1ccccc1-n1c(=O)nc(C(C)C)c2cc(Cl)c(-c3c(O)cccc3F)cc21. The highest BCUT2D eigenvalue weighted by molar-refractivity contribution is 6.34. The van der Waals surface area contributed by atoms with E-state index in [2.05, 4.69) is 18.8 Å². The third kappa shape index (κ3) is 3.67. The molecule has 0 radical (unpaired) electrons. The van der Waals surface area contributed by atoms with E-state index in [0.717, 1.165) is 5.56 Å². The average Bonchev–Trinajstić information content (AvgIpc) is 2.73. The van der Waals surface area contributed by atoms with Gasteiger partial charge < -0.3 is 5.11 Å². The number of phenols is 1. The summed E-state index contributed by atoms with van der Waals surface area (Å²) in [5.41, 5.74) is 2.77. The zero-order chi connectivity index (χ0) is 23.2. The fourth-order valence-electron chi connectivity index (χ4n) is 4.09. The minimum atomic E-state index is -0.596. The quantitative estimate of drug-likeness (QED) is 0.372. The van der Waals surface area contributed by atoms with E-state index in [1.807, 2.05) is 38.1 Å². The number of halogens is 2. The van der Waals surface area contributed by atoms with Crippen LogP contribution in [0.2, 0.25) is 5.02 Å². The molecule has 0 amide bonds. The normalized spacial score (nSPS) is 11.6. The van der Waals surface area contributed by atoms with Gasteiger partial charge in [-0.3, -0.25) is 4.57 Å². The highest BCUT2D eigenvalue weighted by Gasteiger charge is 2.21. The number of hydrogen-bond donors (Lipinski definition) is 1. The lowest BCUT2D eigenvalue weighted by atomic mass is 9.97. The molecule has 32 heavy (non-hydrogen) atoms. The van der Waals surface area contributed by atoms with Crippen LogP contribution in [-0.4, -0.2) is 14.7 Å². The maximum atomic E-state index is 14.7. The molecule has 4 nitrogen and oxygen atoms in total. The van der Waals surface area contributed by atoms with Crippen LogP contribution in [0.1, 0.15) is 50.8 Å². The second-order valence-electron chi connectivity index (χ2n) is 8.47. The first-order chi connectivity index (χ1) is 15.2. The molecule has 0 aliphatic rings. The summed E-state index contributed by atoms with van der Waals surface area (Å²) in [7, 11) is 0. The van der Waals surface area contributed by atoms with Crippen LogP contribution in [0.4, 0.5) is 4.39 Å². The number of hydrogen-bond acceptors (Lipinski definition) is 3. The van der Waals surface area contributed by atoms with Crippen molar-refractivity contribution in [3.05, 3.63) is 87.2 Å². The molecule has 1 aromatic heterocycles. The molecule has 0 fully saturated rings. The smallest absolute Gasteiger partial charge is 0.352 e. The Kier molecular flexibility index (Phi) is 5.78. The summed E-state index contributed by atoms with van der Waals surface area (Å²) in [5.74, 6) is -0.675. The van der Waals surface area contributed by atoms with Crippen molar-refractivity contribution in [1.29, 1.82) is 0 Å². The molecule has 0 aliphatic carbocycles. The molecule has 0 saturated carbocycles. The van der Waals surface area contributed by atoms with Crippen molar-refractivity contribution in [3.63, 3.8) is 0 Å². The van der Waals surface area contributed by atoms with Gasteiger partial charge in [-0.15, -0.1) is 0 Å². The maximum absolute atomic E-state index is 14.7. The van der Waals surface area contributed by atoms with Gasteiger partial charge in [-0.1, -0.05) is 63.6 Å². The van der Waals surface area contributed by atoms with Crippen molar-refractivity contribution >= 4 is 22.5 Å². The van der Waals surface area contributed by atoms with Gasteiger partial charge in [0.05, 0.1) is 22.5 Å². The van der Waals surface area contributed by atoms with Gasteiger partial charge in [0.2, 0.25) is 0 Å². The summed E-state index contributed by atoms with van der Waals surface area (Å²) < 4.78 is 16.2. The molecule has 0 aliphatic heterocycles. The first-order valence-electron chi connectivity index (χ1n) is 10.5. The number of benzene rings is 3. The van der Waals surface area contributed by atoms with Gasteiger partial charge in [0.25, 0.3) is 0 Å². The Bertz CT molecular complexity index is 1370. The molecule has 0 atom stereocenters. The van der Waals surface area contributed by atoms with E-state index in [1.165, 1.54) is 18.2 Å². The second-order valence-corrected chi connectivity index (χ2v) is 8.87. The predicted molar refractivity (Wildman–Crippen MR) is 128 cm³/mol. The summed E-state index contributed by atoms with van der Waals surface area (Å²) in [5, 5.41) is 11.3. The highest BCUT2D eigenvalue weighted by Crippen LogP contribution is 2.40. The molecule has 6 heteroatoms. The number of aromatic hydroxyl groups is 1. The lowest BCUT2D eigenvalue weighted by molar-refractivity contribution is 0.472. The third-order valence-corrected chi connectivity index (χ3v) is 5.93. The van der Waals surface area contributed by atoms with Crippen molar-refractivity contribution in [2.24, 2.45) is 0 Å². The van der Waals surface area contributed by atoms with Crippen LogP contribution in [0, 0.1) is 5.82 Å². The van der Waals surface area contributed by atoms with Crippen LogP contribution in [-0.2, 0) is 0 Å². The molecule has 3 aromatic carbocycles. The summed E-state index contributed by atoms with van der Waals surface area (Å²) in [4.78, 5) is 17.7. The first-order valence-corrected chi connectivity index (χ1v) is 10.9. The topological polar surface area (TPSA) is 55.1 Å². The van der Waals surface area contributed by atoms with E-state index in [1.54, 1.807) is 16.7 Å². The van der Waals surface area contributed by atoms with Gasteiger partial charge in [0.1, 0.15) is 11.6 Å². The van der Waals surface area contributed by atoms with E-state index in [4.69, 9.17) is 11.6 Å². The van der Waals surface area contributed by atoms with E-state index in [-0.39, 0.29) is 28.2 Å². The van der Waals surface area contributed by atoms with Crippen LogP contribution in [0.5, 0.6) is 5.75 Å². The Hall–Kier alpha value is -3.18. The number of aromatic nitrogens is 2. The van der Waals surface area contributed by atoms with E-state index < -0.39 is 11.5 Å². The number of fused-ring (bicyclic) bond motifs is 1. The third-order valence-electron chi connectivity index (χ3n) is 5.62. The van der Waals surface area contributed by atoms with Crippen molar-refractivity contribution < 1.29 is 9.50 Å². The standard InChI is InChI=1S/C26H24ClFN2O2/c1-14(2)16-8-5-6-10-21(16)30-22-13-17(24-20(28)9-7-11-23(24)31)19(27)12-18(22)25(15(3)4)29-26(30)32/h5-15,31H,1-4H3. The second kappa shape index (κ2) is 8.40. The minimum Gasteiger partial charge on any atom is -0.507 e. The van der Waals surface area contributed by atoms with Crippen LogP contribution in [0.3, 0.4) is 0 Å². The van der Waals surface area contributed by atoms with Crippen molar-refractivity contribution in [2.75, 3.05) is 0 Å². The van der Waals surface area contributed by atoms with Gasteiger partial charge in [-0.05, 0) is 47.7 Å². The zero-order valence-corrected chi connectivity index (χ0v) is 19.1. The molecular formula is C26H24ClFN2O2. The van der Waals surface area contributed by atoms with Gasteiger partial charge in [-0.25, -0.2) is 9.18 Å². The summed E-state index contributed by atoms with van der Waals surface area (Å²) in [6, 6.07) is 15.1. The monoisotopic (exact) mass is 450 g/mol. The fraction of sp³-hybridized carbons (Fsp3) is 0.231. The van der Waals surface area contributed by atoms with E-state index >= 15 is 0 Å². The Morgan fingerprint density at radius 2 is 1.72 bits per heavy atom. The molecule has 1 heterocycles. The van der Waals surface area contributed by atoms with Crippen molar-refractivity contribution in [3.8, 4) is 22.6 Å². The van der Waals surface area contributed by atoms with Gasteiger partial charge in [0, 0.05) is 16.0 Å². The minimum absolute atomic E-state index is 0.00143. The lowest BCUT2D eigenvalue weighted by Crippen LogP contribution is -2.25. The fourth-order valence-corrected chi connectivity index (χ4v) is 4.35. The van der Waals surface area contributed by atoms with E-state index in [0.29, 0.717) is 27.8 Å². The molecule has 0 unspecified atom stereocenters. The molecule has 0 bridgehead atoms. The van der Waals surface area contributed by atoms with Crippen molar-refractivity contribution in [2.45, 2.75) is 39.5 Å². The number of para-hydroxylation sites is 1. The van der Waals surface area contributed by atoms with Gasteiger partial charge in [0.15, 0.2) is 0 Å². The Labute approximate surface area is 190 Å². The Morgan fingerprint density at radius 3 is 2.38 bits per heavy atom. The first kappa shape index (κ1) is 22.0. The zero-order valence-electron chi connectivity index (χ0n) is 18.4. The van der Waals surface area contributed by atoms with Gasteiger partial charge in [-0.2, -0.15) is 4.98 Å². The maximum Gasteiger partial charge on any atom is 0.352 e.